The van der Waals surface area contributed by atoms with Crippen LogP contribution in [-0.2, 0) is 17.7 Å². The van der Waals surface area contributed by atoms with Gasteiger partial charge in [0, 0.05) is 20.3 Å². The molecule has 18 heavy (non-hydrogen) atoms. The number of ether oxygens (including phenoxy) is 1. The van der Waals surface area contributed by atoms with Crippen molar-refractivity contribution in [3.8, 4) is 0 Å². The first-order valence-corrected chi connectivity index (χ1v) is 6.84. The van der Waals surface area contributed by atoms with E-state index in [4.69, 9.17) is 22.7 Å². The second-order valence-corrected chi connectivity index (χ2v) is 5.26. The number of aromatic nitrogens is 3. The zero-order chi connectivity index (χ0) is 13.0. The van der Waals surface area contributed by atoms with Gasteiger partial charge in [0.05, 0.1) is 5.69 Å². The first-order chi connectivity index (χ1) is 8.72. The third kappa shape index (κ3) is 3.49. The zero-order valence-electron chi connectivity index (χ0n) is 10.8. The molecule has 1 aromatic heterocycles. The minimum atomic E-state index is 0.355. The van der Waals surface area contributed by atoms with E-state index in [9.17, 15) is 0 Å². The third-order valence-electron chi connectivity index (χ3n) is 3.22. The fraction of sp³-hybridized carbons (Fsp3) is 0.750. The molecule has 1 aliphatic rings. The van der Waals surface area contributed by atoms with E-state index >= 15 is 0 Å². The minimum Gasteiger partial charge on any atom is -0.388 e. The molecule has 2 N–H and O–H groups in total. The maximum absolute atomic E-state index is 5.70. The number of unbranched alkanes of at least 4 members (excludes halogenated alkanes) is 1. The van der Waals surface area contributed by atoms with E-state index < -0.39 is 0 Å². The summed E-state index contributed by atoms with van der Waals surface area (Å²) in [5, 5.41) is 8.29. The van der Waals surface area contributed by atoms with Crippen molar-refractivity contribution in [3.05, 3.63) is 11.4 Å². The second-order valence-electron chi connectivity index (χ2n) is 4.82. The van der Waals surface area contributed by atoms with Gasteiger partial charge >= 0.3 is 0 Å². The molecular weight excluding hydrogens is 248 g/mol. The molecule has 2 rings (SSSR count). The van der Waals surface area contributed by atoms with Crippen LogP contribution in [0.1, 0.15) is 37.1 Å². The van der Waals surface area contributed by atoms with Crippen LogP contribution in [0.5, 0.6) is 0 Å². The van der Waals surface area contributed by atoms with Crippen LogP contribution in [0.4, 0.5) is 0 Å². The first kappa shape index (κ1) is 13.4. The Morgan fingerprint density at radius 3 is 2.89 bits per heavy atom. The Bertz CT molecular complexity index is 414. The van der Waals surface area contributed by atoms with Crippen LogP contribution in [-0.4, -0.2) is 33.7 Å². The van der Waals surface area contributed by atoms with Crippen molar-refractivity contribution < 1.29 is 4.74 Å². The van der Waals surface area contributed by atoms with E-state index in [0.29, 0.717) is 10.7 Å². The summed E-state index contributed by atoms with van der Waals surface area (Å²) in [6.45, 7) is 1.65. The van der Waals surface area contributed by atoms with Gasteiger partial charge in [-0.2, -0.15) is 0 Å². The Balaban J connectivity index is 2.00. The summed E-state index contributed by atoms with van der Waals surface area (Å²) in [7, 11) is 1.72. The molecule has 1 fully saturated rings. The highest BCUT2D eigenvalue weighted by molar-refractivity contribution is 7.80. The van der Waals surface area contributed by atoms with E-state index in [0.717, 1.165) is 44.0 Å². The highest BCUT2D eigenvalue weighted by Crippen LogP contribution is 2.33. The van der Waals surface area contributed by atoms with Gasteiger partial charge < -0.3 is 10.5 Å². The summed E-state index contributed by atoms with van der Waals surface area (Å²) in [6.07, 6.45) is 5.66. The number of thiocarbonyl (C=S) groups is 1. The van der Waals surface area contributed by atoms with Gasteiger partial charge in [-0.25, -0.2) is 4.68 Å². The van der Waals surface area contributed by atoms with Gasteiger partial charge in [0.1, 0.15) is 10.7 Å². The highest BCUT2D eigenvalue weighted by atomic mass is 32.1. The molecule has 1 heterocycles. The number of methoxy groups -OCH3 is 1. The summed E-state index contributed by atoms with van der Waals surface area (Å²) >= 11 is 5.03. The largest absolute Gasteiger partial charge is 0.388 e. The van der Waals surface area contributed by atoms with Crippen molar-refractivity contribution in [2.24, 2.45) is 11.7 Å². The molecule has 100 valence electrons. The zero-order valence-corrected chi connectivity index (χ0v) is 11.6. The molecule has 1 aromatic rings. The normalized spacial score (nSPS) is 14.9. The Morgan fingerprint density at radius 1 is 1.50 bits per heavy atom. The molecule has 5 nitrogen and oxygen atoms in total. The second kappa shape index (κ2) is 6.24. The van der Waals surface area contributed by atoms with Crippen molar-refractivity contribution >= 4 is 17.2 Å². The Morgan fingerprint density at radius 2 is 2.28 bits per heavy atom. The Kier molecular flexibility index (Phi) is 4.66. The third-order valence-corrected chi connectivity index (χ3v) is 3.41. The van der Waals surface area contributed by atoms with E-state index in [1.165, 1.54) is 12.8 Å². The van der Waals surface area contributed by atoms with Crippen LogP contribution in [0.15, 0.2) is 0 Å². The molecule has 0 aromatic carbocycles. The molecule has 0 bridgehead atoms. The van der Waals surface area contributed by atoms with Crippen molar-refractivity contribution in [2.45, 2.75) is 38.6 Å². The van der Waals surface area contributed by atoms with Crippen LogP contribution >= 0.6 is 12.2 Å². The van der Waals surface area contributed by atoms with Crippen LogP contribution in [0.3, 0.4) is 0 Å². The van der Waals surface area contributed by atoms with Crippen molar-refractivity contribution in [1.82, 2.24) is 15.0 Å². The summed E-state index contributed by atoms with van der Waals surface area (Å²) in [4.78, 5) is 0.355. The number of nitrogens with zero attached hydrogens (tertiary/aromatic N) is 3. The first-order valence-electron chi connectivity index (χ1n) is 6.43. The van der Waals surface area contributed by atoms with Crippen molar-refractivity contribution in [3.63, 3.8) is 0 Å². The van der Waals surface area contributed by atoms with Crippen LogP contribution < -0.4 is 5.73 Å². The SMILES string of the molecule is COCCCCn1nnc(C(N)=S)c1CC1CC1. The van der Waals surface area contributed by atoms with Gasteiger partial charge in [-0.3, -0.25) is 0 Å². The van der Waals surface area contributed by atoms with Crippen LogP contribution in [0.2, 0.25) is 0 Å². The average molecular weight is 268 g/mol. The molecule has 0 unspecified atom stereocenters. The van der Waals surface area contributed by atoms with Gasteiger partial charge in [0.2, 0.25) is 0 Å². The molecule has 0 atom stereocenters. The lowest BCUT2D eigenvalue weighted by Crippen LogP contribution is -2.15. The Labute approximate surface area is 113 Å². The summed E-state index contributed by atoms with van der Waals surface area (Å²) in [5.74, 6) is 0.773. The van der Waals surface area contributed by atoms with E-state index in [1.807, 2.05) is 4.68 Å². The summed E-state index contributed by atoms with van der Waals surface area (Å²) in [6, 6.07) is 0. The molecular formula is C12H20N4OS. The molecule has 0 saturated heterocycles. The predicted molar refractivity (Wildman–Crippen MR) is 73.4 cm³/mol. The lowest BCUT2D eigenvalue weighted by Gasteiger charge is -2.07. The quantitative estimate of drug-likeness (QED) is 0.568. The van der Waals surface area contributed by atoms with Crippen molar-refractivity contribution in [1.29, 1.82) is 0 Å². The smallest absolute Gasteiger partial charge is 0.143 e. The standard InChI is InChI=1S/C12H20N4OS/c1-17-7-3-2-6-16-10(8-9-4-5-9)11(12(13)18)14-15-16/h9H,2-8H2,1H3,(H2,13,18). The highest BCUT2D eigenvalue weighted by Gasteiger charge is 2.26. The van der Waals surface area contributed by atoms with Crippen LogP contribution in [0.25, 0.3) is 0 Å². The average Bonchev–Trinajstić information content (AvgIpc) is 3.05. The summed E-state index contributed by atoms with van der Waals surface area (Å²) < 4.78 is 7.00. The molecule has 0 spiro atoms. The fourth-order valence-corrected chi connectivity index (χ4v) is 2.17. The maximum atomic E-state index is 5.70. The van der Waals surface area contributed by atoms with Crippen molar-refractivity contribution in [2.75, 3.05) is 13.7 Å². The van der Waals surface area contributed by atoms with Crippen LogP contribution in [0, 0.1) is 5.92 Å². The number of rotatable bonds is 8. The number of nitrogens with two attached hydrogens (primary N) is 1. The number of hydrogen-bond acceptors (Lipinski definition) is 4. The molecule has 0 aliphatic heterocycles. The lowest BCUT2D eigenvalue weighted by atomic mass is 10.1. The molecule has 0 amide bonds. The van der Waals surface area contributed by atoms with Gasteiger partial charge in [0.15, 0.2) is 0 Å². The predicted octanol–water partition coefficient (Wildman–Crippen LogP) is 1.29. The van der Waals surface area contributed by atoms with Gasteiger partial charge in [0.25, 0.3) is 0 Å². The van der Waals surface area contributed by atoms with E-state index in [-0.39, 0.29) is 0 Å². The maximum Gasteiger partial charge on any atom is 0.143 e. The fourth-order valence-electron chi connectivity index (χ4n) is 2.01. The summed E-state index contributed by atoms with van der Waals surface area (Å²) in [5.41, 5.74) is 7.52. The van der Waals surface area contributed by atoms with Gasteiger partial charge in [-0.05, 0) is 38.0 Å². The van der Waals surface area contributed by atoms with Gasteiger partial charge in [-0.15, -0.1) is 5.10 Å². The topological polar surface area (TPSA) is 66.0 Å². The lowest BCUT2D eigenvalue weighted by molar-refractivity contribution is 0.190. The molecule has 1 aliphatic carbocycles. The Hall–Kier alpha value is -1.01. The monoisotopic (exact) mass is 268 g/mol. The molecule has 1 saturated carbocycles. The number of aryl methyl sites for hydroxylation is 1. The minimum absolute atomic E-state index is 0.355. The number of hydrogen-bond donors (Lipinski definition) is 1. The van der Waals surface area contributed by atoms with E-state index in [1.54, 1.807) is 7.11 Å². The molecule has 6 heteroatoms. The van der Waals surface area contributed by atoms with Gasteiger partial charge in [-0.1, -0.05) is 17.4 Å². The van der Waals surface area contributed by atoms with E-state index in [2.05, 4.69) is 10.3 Å². The molecule has 0 radical (unpaired) electrons.